The van der Waals surface area contributed by atoms with Gasteiger partial charge in [-0.15, -0.1) is 0 Å². The van der Waals surface area contributed by atoms with Gasteiger partial charge in [0.2, 0.25) is 0 Å². The van der Waals surface area contributed by atoms with Crippen LogP contribution in [0.1, 0.15) is 38.5 Å². The second-order valence-electron chi connectivity index (χ2n) is 5.48. The molecular formula is C14H27NO3. The summed E-state index contributed by atoms with van der Waals surface area (Å²) in [6.45, 7) is 3.97. The van der Waals surface area contributed by atoms with Gasteiger partial charge in [-0.3, -0.25) is 0 Å². The summed E-state index contributed by atoms with van der Waals surface area (Å²) in [5.41, 5.74) is 0.265. The van der Waals surface area contributed by atoms with Gasteiger partial charge < -0.3 is 19.5 Å². The van der Waals surface area contributed by atoms with Crippen molar-refractivity contribution in [1.82, 2.24) is 5.32 Å². The second-order valence-corrected chi connectivity index (χ2v) is 5.48. The van der Waals surface area contributed by atoms with Gasteiger partial charge in [-0.1, -0.05) is 12.8 Å². The molecule has 2 aliphatic rings. The lowest BCUT2D eigenvalue weighted by atomic mass is 9.98. The summed E-state index contributed by atoms with van der Waals surface area (Å²) in [4.78, 5) is 0. The highest BCUT2D eigenvalue weighted by atomic mass is 16.5. The highest BCUT2D eigenvalue weighted by Gasteiger charge is 2.41. The van der Waals surface area contributed by atoms with E-state index in [4.69, 9.17) is 14.2 Å². The minimum Gasteiger partial charge on any atom is -0.382 e. The monoisotopic (exact) mass is 257 g/mol. The predicted octanol–water partition coefficient (Wildman–Crippen LogP) is 1.73. The molecule has 1 saturated carbocycles. The lowest BCUT2D eigenvalue weighted by Crippen LogP contribution is -2.32. The molecule has 1 aliphatic carbocycles. The van der Waals surface area contributed by atoms with E-state index in [0.29, 0.717) is 19.3 Å². The van der Waals surface area contributed by atoms with Gasteiger partial charge in [0.15, 0.2) is 0 Å². The molecule has 0 aromatic heterocycles. The Morgan fingerprint density at radius 1 is 1.17 bits per heavy atom. The van der Waals surface area contributed by atoms with Crippen molar-refractivity contribution in [2.75, 3.05) is 40.0 Å². The molecule has 2 fully saturated rings. The van der Waals surface area contributed by atoms with Crippen LogP contribution in [0.2, 0.25) is 0 Å². The molecule has 1 aliphatic heterocycles. The third-order valence-electron chi connectivity index (χ3n) is 4.08. The highest BCUT2D eigenvalue weighted by Crippen LogP contribution is 2.42. The summed E-state index contributed by atoms with van der Waals surface area (Å²) in [6.07, 6.45) is 8.18. The summed E-state index contributed by atoms with van der Waals surface area (Å²) in [5, 5.41) is 3.42. The highest BCUT2D eigenvalue weighted by molar-refractivity contribution is 4.93. The van der Waals surface area contributed by atoms with Crippen molar-refractivity contribution in [1.29, 1.82) is 0 Å². The van der Waals surface area contributed by atoms with Crippen LogP contribution < -0.4 is 5.32 Å². The maximum absolute atomic E-state index is 6.23. The topological polar surface area (TPSA) is 39.7 Å². The molecule has 1 saturated heterocycles. The van der Waals surface area contributed by atoms with Crippen molar-refractivity contribution < 1.29 is 14.2 Å². The van der Waals surface area contributed by atoms with Crippen LogP contribution >= 0.6 is 0 Å². The molecule has 18 heavy (non-hydrogen) atoms. The van der Waals surface area contributed by atoms with E-state index in [0.717, 1.165) is 19.7 Å². The molecule has 1 unspecified atom stereocenters. The first-order valence-corrected chi connectivity index (χ1v) is 7.30. The fraction of sp³-hybridized carbons (Fsp3) is 1.00. The van der Waals surface area contributed by atoms with Crippen LogP contribution in [0.3, 0.4) is 0 Å². The van der Waals surface area contributed by atoms with E-state index in [2.05, 4.69) is 5.32 Å². The Bertz CT molecular complexity index is 229. The fourth-order valence-electron chi connectivity index (χ4n) is 3.08. The first-order chi connectivity index (χ1) is 8.85. The third kappa shape index (κ3) is 4.19. The Labute approximate surface area is 110 Å². The smallest absolute Gasteiger partial charge is 0.0708 e. The number of rotatable bonds is 8. The molecule has 2 rings (SSSR count). The molecule has 0 aromatic carbocycles. The van der Waals surface area contributed by atoms with Gasteiger partial charge in [0.1, 0.15) is 0 Å². The van der Waals surface area contributed by atoms with E-state index >= 15 is 0 Å². The summed E-state index contributed by atoms with van der Waals surface area (Å²) >= 11 is 0. The Morgan fingerprint density at radius 2 is 2.00 bits per heavy atom. The fourth-order valence-corrected chi connectivity index (χ4v) is 3.08. The van der Waals surface area contributed by atoms with Gasteiger partial charge >= 0.3 is 0 Å². The van der Waals surface area contributed by atoms with E-state index in [1.165, 1.54) is 38.5 Å². The molecule has 1 spiro atoms. The molecule has 4 nitrogen and oxygen atoms in total. The van der Waals surface area contributed by atoms with Crippen LogP contribution in [0, 0.1) is 0 Å². The van der Waals surface area contributed by atoms with Gasteiger partial charge in [0.25, 0.3) is 0 Å². The number of nitrogens with one attached hydrogen (secondary N) is 1. The van der Waals surface area contributed by atoms with Gasteiger partial charge in [0, 0.05) is 20.2 Å². The maximum Gasteiger partial charge on any atom is 0.0708 e. The Balaban J connectivity index is 1.48. The molecule has 4 heteroatoms. The van der Waals surface area contributed by atoms with Crippen LogP contribution in [0.25, 0.3) is 0 Å². The predicted molar refractivity (Wildman–Crippen MR) is 70.9 cm³/mol. The van der Waals surface area contributed by atoms with Gasteiger partial charge in [0.05, 0.1) is 31.5 Å². The summed E-state index contributed by atoms with van der Waals surface area (Å²) < 4.78 is 16.6. The second kappa shape index (κ2) is 7.43. The van der Waals surface area contributed by atoms with Crippen molar-refractivity contribution in [2.24, 2.45) is 0 Å². The largest absolute Gasteiger partial charge is 0.382 e. The van der Waals surface area contributed by atoms with Crippen LogP contribution in [0.4, 0.5) is 0 Å². The van der Waals surface area contributed by atoms with Crippen LogP contribution in [0.5, 0.6) is 0 Å². The van der Waals surface area contributed by atoms with Gasteiger partial charge in [-0.05, 0) is 25.7 Å². The van der Waals surface area contributed by atoms with Crippen LogP contribution in [-0.2, 0) is 14.2 Å². The average molecular weight is 257 g/mol. The molecule has 0 radical (unpaired) electrons. The molecule has 106 valence electrons. The lowest BCUT2D eigenvalue weighted by Gasteiger charge is -2.23. The molecule has 1 atom stereocenters. The molecule has 0 bridgehead atoms. The van der Waals surface area contributed by atoms with Crippen molar-refractivity contribution >= 4 is 0 Å². The molecule has 0 amide bonds. The van der Waals surface area contributed by atoms with Crippen molar-refractivity contribution in [3.8, 4) is 0 Å². The normalized spacial score (nSPS) is 26.2. The summed E-state index contributed by atoms with van der Waals surface area (Å²) in [6, 6.07) is 0. The standard InChI is InChI=1S/C14H27NO3/c1-16-10-11-17-9-8-15-12-13-4-7-14(18-13)5-2-3-6-14/h13,15H,2-12H2,1H3. The minimum atomic E-state index is 0.265. The third-order valence-corrected chi connectivity index (χ3v) is 4.08. The quantitative estimate of drug-likeness (QED) is 0.672. The Morgan fingerprint density at radius 3 is 2.78 bits per heavy atom. The van der Waals surface area contributed by atoms with Crippen LogP contribution in [0.15, 0.2) is 0 Å². The van der Waals surface area contributed by atoms with Crippen molar-refractivity contribution in [3.63, 3.8) is 0 Å². The number of methoxy groups -OCH3 is 1. The molecular weight excluding hydrogens is 230 g/mol. The zero-order valence-electron chi connectivity index (χ0n) is 11.6. The minimum absolute atomic E-state index is 0.265. The van der Waals surface area contributed by atoms with E-state index in [1.54, 1.807) is 7.11 Å². The first kappa shape index (κ1) is 14.3. The first-order valence-electron chi connectivity index (χ1n) is 7.30. The summed E-state index contributed by atoms with van der Waals surface area (Å²) in [5.74, 6) is 0. The number of hydrogen-bond donors (Lipinski definition) is 1. The van der Waals surface area contributed by atoms with Crippen molar-refractivity contribution in [3.05, 3.63) is 0 Å². The lowest BCUT2D eigenvalue weighted by molar-refractivity contribution is -0.0355. The van der Waals surface area contributed by atoms with Gasteiger partial charge in [-0.2, -0.15) is 0 Å². The zero-order valence-corrected chi connectivity index (χ0v) is 11.6. The van der Waals surface area contributed by atoms with E-state index in [1.807, 2.05) is 0 Å². The number of hydrogen-bond acceptors (Lipinski definition) is 4. The number of ether oxygens (including phenoxy) is 3. The SMILES string of the molecule is COCCOCCNCC1CCC2(CCCC2)O1. The summed E-state index contributed by atoms with van der Waals surface area (Å²) in [7, 11) is 1.69. The Hall–Kier alpha value is -0.160. The molecule has 0 aromatic rings. The Kier molecular flexibility index (Phi) is 5.89. The average Bonchev–Trinajstić information content (AvgIpc) is 3.00. The maximum atomic E-state index is 6.23. The molecule has 1 N–H and O–H groups in total. The van der Waals surface area contributed by atoms with E-state index in [-0.39, 0.29) is 5.60 Å². The van der Waals surface area contributed by atoms with Crippen molar-refractivity contribution in [2.45, 2.75) is 50.2 Å². The molecule has 1 heterocycles. The zero-order chi connectivity index (χ0) is 12.7. The van der Waals surface area contributed by atoms with E-state index < -0.39 is 0 Å². The van der Waals surface area contributed by atoms with Gasteiger partial charge in [-0.25, -0.2) is 0 Å². The van der Waals surface area contributed by atoms with Crippen LogP contribution in [-0.4, -0.2) is 51.7 Å². The van der Waals surface area contributed by atoms with E-state index in [9.17, 15) is 0 Å².